The summed E-state index contributed by atoms with van der Waals surface area (Å²) >= 11 is 0. The molecule has 0 amide bonds. The summed E-state index contributed by atoms with van der Waals surface area (Å²) in [4.78, 5) is 12.0. The molecule has 0 aliphatic carbocycles. The molecule has 0 saturated carbocycles. The van der Waals surface area contributed by atoms with E-state index in [2.05, 4.69) is 0 Å². The Kier molecular flexibility index (Phi) is 3.76. The van der Waals surface area contributed by atoms with E-state index >= 15 is 0 Å². The van der Waals surface area contributed by atoms with Gasteiger partial charge in [0.25, 0.3) is 0 Å². The van der Waals surface area contributed by atoms with Crippen molar-refractivity contribution in [3.05, 3.63) is 47.7 Å². The van der Waals surface area contributed by atoms with Gasteiger partial charge in [0.05, 0.1) is 6.61 Å². The third-order valence-electron chi connectivity index (χ3n) is 2.77. The van der Waals surface area contributed by atoms with Crippen LogP contribution >= 0.6 is 0 Å². The smallest absolute Gasteiger partial charge is 0.227 e. The second kappa shape index (κ2) is 5.30. The van der Waals surface area contributed by atoms with E-state index in [1.165, 1.54) is 0 Å². The van der Waals surface area contributed by atoms with Crippen molar-refractivity contribution in [2.24, 2.45) is 0 Å². The van der Waals surface area contributed by atoms with E-state index < -0.39 is 24.9 Å². The molecule has 1 aliphatic heterocycles. The van der Waals surface area contributed by atoms with E-state index in [-0.39, 0.29) is 11.5 Å². The topological polar surface area (TPSA) is 87.0 Å². The highest BCUT2D eigenvalue weighted by Gasteiger charge is 2.34. The van der Waals surface area contributed by atoms with Crippen LogP contribution in [0.1, 0.15) is 10.4 Å². The molecule has 1 aromatic carbocycles. The minimum atomic E-state index is -1.23. The fourth-order valence-corrected chi connectivity index (χ4v) is 1.75. The van der Waals surface area contributed by atoms with Gasteiger partial charge in [-0.15, -0.1) is 0 Å². The van der Waals surface area contributed by atoms with E-state index in [0.29, 0.717) is 5.56 Å². The largest absolute Gasteiger partial charge is 0.481 e. The van der Waals surface area contributed by atoms with Gasteiger partial charge in [-0.05, 0) is 6.08 Å². The number of ether oxygens (including phenoxy) is 1. The van der Waals surface area contributed by atoms with Gasteiger partial charge >= 0.3 is 0 Å². The first kappa shape index (κ1) is 12.8. The lowest BCUT2D eigenvalue weighted by Gasteiger charge is -2.30. The summed E-state index contributed by atoms with van der Waals surface area (Å²) in [6.45, 7) is -0.475. The molecule has 1 aromatic rings. The quantitative estimate of drug-likeness (QED) is 0.650. The SMILES string of the molecule is O=C(C1=C[C@@H](O)[C@H](O)[C@@H](CO)O1)c1ccccc1. The van der Waals surface area contributed by atoms with Crippen LogP contribution < -0.4 is 0 Å². The molecule has 5 heteroatoms. The highest BCUT2D eigenvalue weighted by atomic mass is 16.5. The van der Waals surface area contributed by atoms with Crippen molar-refractivity contribution in [1.29, 1.82) is 0 Å². The van der Waals surface area contributed by atoms with Gasteiger partial charge in [-0.1, -0.05) is 30.3 Å². The third kappa shape index (κ3) is 2.43. The second-order valence-corrected chi connectivity index (χ2v) is 4.05. The molecule has 1 aliphatic rings. The number of rotatable bonds is 3. The highest BCUT2D eigenvalue weighted by Crippen LogP contribution is 2.21. The summed E-state index contributed by atoms with van der Waals surface area (Å²) in [6.07, 6.45) is -2.29. The molecule has 3 atom stereocenters. The van der Waals surface area contributed by atoms with Crippen LogP contribution in [0.2, 0.25) is 0 Å². The van der Waals surface area contributed by atoms with Crippen molar-refractivity contribution in [3.8, 4) is 0 Å². The molecule has 96 valence electrons. The van der Waals surface area contributed by atoms with Crippen LogP contribution in [0.5, 0.6) is 0 Å². The van der Waals surface area contributed by atoms with Gasteiger partial charge in [0.15, 0.2) is 11.9 Å². The summed E-state index contributed by atoms with van der Waals surface area (Å²) in [7, 11) is 0. The molecule has 5 nitrogen and oxygen atoms in total. The molecule has 18 heavy (non-hydrogen) atoms. The fourth-order valence-electron chi connectivity index (χ4n) is 1.75. The minimum Gasteiger partial charge on any atom is -0.481 e. The van der Waals surface area contributed by atoms with Crippen LogP contribution in [0.15, 0.2) is 42.2 Å². The van der Waals surface area contributed by atoms with Crippen molar-refractivity contribution >= 4 is 5.78 Å². The van der Waals surface area contributed by atoms with Crippen LogP contribution in [0.3, 0.4) is 0 Å². The number of Topliss-reactive ketones (excluding diaryl/α,β-unsaturated/α-hetero) is 1. The van der Waals surface area contributed by atoms with Crippen molar-refractivity contribution in [1.82, 2.24) is 0 Å². The van der Waals surface area contributed by atoms with Gasteiger partial charge in [-0.2, -0.15) is 0 Å². The van der Waals surface area contributed by atoms with E-state index in [1.807, 2.05) is 0 Å². The maximum atomic E-state index is 12.0. The van der Waals surface area contributed by atoms with Gasteiger partial charge in [-0.25, -0.2) is 0 Å². The fraction of sp³-hybridized carbons (Fsp3) is 0.308. The van der Waals surface area contributed by atoms with Crippen LogP contribution in [0.4, 0.5) is 0 Å². The average molecular weight is 250 g/mol. The van der Waals surface area contributed by atoms with Crippen molar-refractivity contribution < 1.29 is 24.9 Å². The first-order valence-electron chi connectivity index (χ1n) is 5.58. The Hall–Kier alpha value is -1.69. The zero-order chi connectivity index (χ0) is 13.1. The molecule has 0 spiro atoms. The monoisotopic (exact) mass is 250 g/mol. The predicted octanol–water partition coefficient (Wildman–Crippen LogP) is -0.134. The summed E-state index contributed by atoms with van der Waals surface area (Å²) in [6, 6.07) is 8.45. The van der Waals surface area contributed by atoms with Crippen molar-refractivity contribution in [3.63, 3.8) is 0 Å². The Labute approximate surface area is 104 Å². The van der Waals surface area contributed by atoms with Gasteiger partial charge < -0.3 is 20.1 Å². The van der Waals surface area contributed by atoms with E-state index in [4.69, 9.17) is 9.84 Å². The minimum absolute atomic E-state index is 0.0574. The van der Waals surface area contributed by atoms with E-state index in [9.17, 15) is 15.0 Å². The molecule has 0 bridgehead atoms. The lowest BCUT2D eigenvalue weighted by atomic mass is 10.0. The molecular weight excluding hydrogens is 236 g/mol. The number of carbonyl (C=O) groups excluding carboxylic acids is 1. The molecule has 3 N–H and O–H groups in total. The number of aliphatic hydroxyl groups is 3. The zero-order valence-corrected chi connectivity index (χ0v) is 9.56. The van der Waals surface area contributed by atoms with Gasteiger partial charge in [-0.3, -0.25) is 4.79 Å². The van der Waals surface area contributed by atoms with Crippen LogP contribution in [0.25, 0.3) is 0 Å². The normalized spacial score (nSPS) is 27.3. The molecule has 0 aromatic heterocycles. The average Bonchev–Trinajstić information content (AvgIpc) is 2.42. The van der Waals surface area contributed by atoms with Crippen molar-refractivity contribution in [2.45, 2.75) is 18.3 Å². The number of benzene rings is 1. The molecule has 0 unspecified atom stereocenters. The first-order valence-corrected chi connectivity index (χ1v) is 5.58. The number of hydrogen-bond acceptors (Lipinski definition) is 5. The van der Waals surface area contributed by atoms with Crippen LogP contribution in [-0.2, 0) is 4.74 Å². The number of carbonyl (C=O) groups is 1. The summed E-state index contributed by atoms with van der Waals surface area (Å²) in [5, 5.41) is 28.1. The summed E-state index contributed by atoms with van der Waals surface area (Å²) in [5.74, 6) is -0.446. The van der Waals surface area contributed by atoms with E-state index in [1.54, 1.807) is 30.3 Å². The first-order chi connectivity index (χ1) is 8.63. The van der Waals surface area contributed by atoms with Gasteiger partial charge in [0, 0.05) is 5.56 Å². The van der Waals surface area contributed by atoms with Crippen LogP contribution in [0, 0.1) is 0 Å². The molecule has 1 heterocycles. The van der Waals surface area contributed by atoms with Gasteiger partial charge in [0.2, 0.25) is 5.78 Å². The number of aliphatic hydroxyl groups excluding tert-OH is 3. The lowest BCUT2D eigenvalue weighted by molar-refractivity contribution is -0.0883. The third-order valence-corrected chi connectivity index (χ3v) is 2.77. The molecule has 0 fully saturated rings. The Morgan fingerprint density at radius 1 is 1.22 bits per heavy atom. The zero-order valence-electron chi connectivity index (χ0n) is 9.56. The molecular formula is C13H14O5. The Bertz CT molecular complexity index is 454. The van der Waals surface area contributed by atoms with E-state index in [0.717, 1.165) is 6.08 Å². The standard InChI is InChI=1S/C13H14O5/c14-7-11-13(17)9(15)6-10(18-11)12(16)8-4-2-1-3-5-8/h1-6,9,11,13-15,17H,7H2/t9-,11-,13+/m1/s1. The number of ketones is 1. The number of allylic oxidation sites excluding steroid dienone is 1. The van der Waals surface area contributed by atoms with Crippen molar-refractivity contribution in [2.75, 3.05) is 6.61 Å². The maximum Gasteiger partial charge on any atom is 0.227 e. The maximum absolute atomic E-state index is 12.0. The molecule has 0 saturated heterocycles. The molecule has 0 radical (unpaired) electrons. The Morgan fingerprint density at radius 2 is 1.89 bits per heavy atom. The highest BCUT2D eigenvalue weighted by molar-refractivity contribution is 6.07. The second-order valence-electron chi connectivity index (χ2n) is 4.05. The van der Waals surface area contributed by atoms with Gasteiger partial charge in [0.1, 0.15) is 12.2 Å². The Morgan fingerprint density at radius 3 is 2.50 bits per heavy atom. The number of hydrogen-bond donors (Lipinski definition) is 3. The predicted molar refractivity (Wildman–Crippen MR) is 62.8 cm³/mol. The van der Waals surface area contributed by atoms with Crippen LogP contribution in [-0.4, -0.2) is 46.0 Å². The molecule has 2 rings (SSSR count). The summed E-state index contributed by atoms with van der Waals surface area (Å²) in [5.41, 5.74) is 0.420. The lowest BCUT2D eigenvalue weighted by Crippen LogP contribution is -2.44. The Balaban J connectivity index is 2.24. The summed E-state index contributed by atoms with van der Waals surface area (Å²) < 4.78 is 5.19.